The molecule has 4 nitrogen and oxygen atoms in total. The number of rotatable bonds is 8. The minimum absolute atomic E-state index is 0.0548. The summed E-state index contributed by atoms with van der Waals surface area (Å²) < 4.78 is 3.45. The third-order valence-corrected chi connectivity index (χ3v) is 8.67. The SMILES string of the molecule is CCCCCCn1nc2c(-c3ccc[se]3)ccc(-c3ccc(C=O)[se]3)c2n1. The van der Waals surface area contributed by atoms with E-state index in [0.717, 1.165) is 40.3 Å². The average Bonchev–Trinajstić information content (AvgIpc) is 3.44. The number of aromatic nitrogens is 3. The van der Waals surface area contributed by atoms with Crippen LogP contribution in [0.1, 0.15) is 41.8 Å². The molecule has 0 aliphatic rings. The van der Waals surface area contributed by atoms with Gasteiger partial charge in [-0.3, -0.25) is 0 Å². The average molecular weight is 489 g/mol. The van der Waals surface area contributed by atoms with Crippen LogP contribution in [-0.2, 0) is 6.54 Å². The van der Waals surface area contributed by atoms with Crippen LogP contribution in [-0.4, -0.2) is 50.3 Å². The normalized spacial score (nSPS) is 11.3. The molecule has 0 aliphatic heterocycles. The molecule has 1 aromatic carbocycles. The Labute approximate surface area is 170 Å². The maximum atomic E-state index is 11.1. The Morgan fingerprint density at radius 1 is 0.963 bits per heavy atom. The van der Waals surface area contributed by atoms with E-state index in [1.807, 2.05) is 10.9 Å². The molecule has 0 bridgehead atoms. The van der Waals surface area contributed by atoms with Crippen molar-refractivity contribution in [2.24, 2.45) is 0 Å². The zero-order valence-corrected chi connectivity index (χ0v) is 18.6. The van der Waals surface area contributed by atoms with Crippen LogP contribution in [0.4, 0.5) is 0 Å². The van der Waals surface area contributed by atoms with E-state index in [9.17, 15) is 4.79 Å². The van der Waals surface area contributed by atoms with Crippen LogP contribution in [0.25, 0.3) is 31.0 Å². The molecule has 0 spiro atoms. The van der Waals surface area contributed by atoms with Gasteiger partial charge in [0.15, 0.2) is 0 Å². The molecule has 0 amide bonds. The summed E-state index contributed by atoms with van der Waals surface area (Å²) in [5.41, 5.74) is 4.30. The zero-order valence-electron chi connectivity index (χ0n) is 15.2. The molecule has 0 atom stereocenters. The van der Waals surface area contributed by atoms with Crippen molar-refractivity contribution in [1.82, 2.24) is 15.0 Å². The van der Waals surface area contributed by atoms with E-state index in [1.54, 1.807) is 0 Å². The van der Waals surface area contributed by atoms with Crippen LogP contribution in [0, 0.1) is 0 Å². The summed E-state index contributed by atoms with van der Waals surface area (Å²) in [6, 6.07) is 12.7. The predicted molar refractivity (Wildman–Crippen MR) is 112 cm³/mol. The molecule has 0 radical (unpaired) electrons. The molecule has 6 heteroatoms. The quantitative estimate of drug-likeness (QED) is 0.211. The molecule has 0 saturated heterocycles. The van der Waals surface area contributed by atoms with Crippen molar-refractivity contribution >= 4 is 46.3 Å². The summed E-state index contributed by atoms with van der Waals surface area (Å²) in [7, 11) is 0. The van der Waals surface area contributed by atoms with Gasteiger partial charge in [-0.1, -0.05) is 0 Å². The number of nitrogens with zero attached hydrogens (tertiary/aromatic N) is 3. The van der Waals surface area contributed by atoms with E-state index in [1.165, 1.54) is 33.7 Å². The molecule has 4 aromatic rings. The van der Waals surface area contributed by atoms with Crippen LogP contribution >= 0.6 is 0 Å². The first-order chi connectivity index (χ1) is 13.3. The van der Waals surface area contributed by atoms with Crippen molar-refractivity contribution in [2.45, 2.75) is 39.2 Å². The van der Waals surface area contributed by atoms with Gasteiger partial charge in [0.2, 0.25) is 0 Å². The molecule has 4 rings (SSSR count). The van der Waals surface area contributed by atoms with E-state index < -0.39 is 0 Å². The van der Waals surface area contributed by atoms with Gasteiger partial charge in [-0.15, -0.1) is 0 Å². The Bertz CT molecular complexity index is 1050. The molecular weight excluding hydrogens is 468 g/mol. The van der Waals surface area contributed by atoms with Crippen molar-refractivity contribution in [2.75, 3.05) is 0 Å². The van der Waals surface area contributed by atoms with Crippen molar-refractivity contribution in [3.05, 3.63) is 45.8 Å². The number of carbonyl (C=O) groups excluding carboxylic acids is 1. The van der Waals surface area contributed by atoms with Gasteiger partial charge in [0, 0.05) is 0 Å². The summed E-state index contributed by atoms with van der Waals surface area (Å²) in [6.45, 7) is 3.08. The number of unbranched alkanes of at least 4 members (excludes halogenated alkanes) is 3. The van der Waals surface area contributed by atoms with E-state index in [0.29, 0.717) is 14.5 Å². The number of benzene rings is 1. The monoisotopic (exact) mass is 491 g/mol. The molecule has 138 valence electrons. The Hall–Kier alpha value is -1.71. The summed E-state index contributed by atoms with van der Waals surface area (Å²) in [4.78, 5) is 15.2. The van der Waals surface area contributed by atoms with Gasteiger partial charge in [-0.2, -0.15) is 0 Å². The van der Waals surface area contributed by atoms with E-state index >= 15 is 0 Å². The van der Waals surface area contributed by atoms with E-state index in [-0.39, 0.29) is 14.5 Å². The minimum atomic E-state index is 0.0548. The van der Waals surface area contributed by atoms with Gasteiger partial charge in [0.1, 0.15) is 0 Å². The second-order valence-electron chi connectivity index (χ2n) is 6.51. The molecule has 27 heavy (non-hydrogen) atoms. The van der Waals surface area contributed by atoms with E-state index in [4.69, 9.17) is 10.2 Å². The number of aryl methyl sites for hydroxylation is 1. The van der Waals surface area contributed by atoms with Crippen LogP contribution in [0.2, 0.25) is 0 Å². The summed E-state index contributed by atoms with van der Waals surface area (Å²) >= 11 is 0.418. The van der Waals surface area contributed by atoms with Gasteiger partial charge in [-0.05, 0) is 0 Å². The molecular formula is C21H21N3OSe2. The molecule has 3 heterocycles. The molecule has 0 N–H and O–H groups in total. The Morgan fingerprint density at radius 2 is 1.74 bits per heavy atom. The Balaban J connectivity index is 1.78. The van der Waals surface area contributed by atoms with Crippen LogP contribution in [0.3, 0.4) is 0 Å². The molecule has 0 unspecified atom stereocenters. The van der Waals surface area contributed by atoms with Gasteiger partial charge < -0.3 is 0 Å². The topological polar surface area (TPSA) is 47.8 Å². The first-order valence-corrected chi connectivity index (χ1v) is 12.8. The van der Waals surface area contributed by atoms with Gasteiger partial charge in [0.25, 0.3) is 0 Å². The third kappa shape index (κ3) is 3.95. The second kappa shape index (κ2) is 8.53. The molecule has 3 aromatic heterocycles. The fraction of sp³-hybridized carbons (Fsp3) is 0.286. The van der Waals surface area contributed by atoms with Crippen molar-refractivity contribution in [1.29, 1.82) is 0 Å². The first-order valence-electron chi connectivity index (χ1n) is 9.27. The Kier molecular flexibility index (Phi) is 5.89. The zero-order chi connectivity index (χ0) is 18.6. The van der Waals surface area contributed by atoms with Crippen LogP contribution in [0.5, 0.6) is 0 Å². The van der Waals surface area contributed by atoms with Crippen molar-refractivity contribution in [3.63, 3.8) is 0 Å². The summed E-state index contributed by atoms with van der Waals surface area (Å²) in [5, 5.41) is 9.73. The fourth-order valence-corrected chi connectivity index (χ4v) is 6.57. The van der Waals surface area contributed by atoms with Gasteiger partial charge >= 0.3 is 171 Å². The standard InChI is InChI=1S/C21H21N3OSe2/c1-2-3-4-5-12-24-22-20-16(18-7-6-13-26-18)9-10-17(21(20)23-24)19-11-8-15(14-25)27-19/h6-11,13-14H,2-5,12H2,1H3. The van der Waals surface area contributed by atoms with Crippen LogP contribution < -0.4 is 0 Å². The van der Waals surface area contributed by atoms with Gasteiger partial charge in [0.05, 0.1) is 0 Å². The summed E-state index contributed by atoms with van der Waals surface area (Å²) in [5.74, 6) is 0. The molecule has 0 aliphatic carbocycles. The van der Waals surface area contributed by atoms with E-state index in [2.05, 4.69) is 42.2 Å². The third-order valence-electron chi connectivity index (χ3n) is 4.59. The number of carbonyl (C=O) groups is 1. The summed E-state index contributed by atoms with van der Waals surface area (Å²) in [6.07, 6.45) is 5.78. The van der Waals surface area contributed by atoms with Crippen LogP contribution in [0.15, 0.2) is 41.3 Å². The van der Waals surface area contributed by atoms with Crippen molar-refractivity contribution in [3.8, 4) is 20.0 Å². The number of aldehydes is 1. The van der Waals surface area contributed by atoms with Crippen molar-refractivity contribution < 1.29 is 4.79 Å². The number of fused-ring (bicyclic) bond motifs is 1. The maximum absolute atomic E-state index is 11.1. The number of hydrogen-bond acceptors (Lipinski definition) is 3. The molecule has 0 fully saturated rings. The first kappa shape index (κ1) is 18.6. The molecule has 0 saturated carbocycles. The predicted octanol–water partition coefficient (Wildman–Crippen LogP) is 4.27. The Morgan fingerprint density at radius 3 is 2.37 bits per heavy atom. The second-order valence-corrected chi connectivity index (χ2v) is 10.8. The fourth-order valence-electron chi connectivity index (χ4n) is 3.21. The van der Waals surface area contributed by atoms with Gasteiger partial charge in [-0.25, -0.2) is 0 Å². The number of hydrogen-bond donors (Lipinski definition) is 0.